The highest BCUT2D eigenvalue weighted by Crippen LogP contribution is 2.30. The molecule has 11 heteroatoms. The standard InChI is InChI=1S/C30H42N6O4S/c1-3-35-17-5-7-24(21-35)32-29(37)22-10-12-23(13-11-22)33-30-31-16-14-28(34-30)36-18-15-25-26(36)8-4-9-27(25)40-19-6-20-41(2,38)39/h4,8-9,14-16,18,22-24H,3,5-7,10-13,17,19-21H2,1-2H3,(H,32,37)(H,31,33,34)/t22-,23-,24-/m1/s1. The van der Waals surface area contributed by atoms with Gasteiger partial charge in [0.1, 0.15) is 21.4 Å². The van der Waals surface area contributed by atoms with Gasteiger partial charge in [0.25, 0.3) is 0 Å². The summed E-state index contributed by atoms with van der Waals surface area (Å²) in [6, 6.07) is 10.2. The van der Waals surface area contributed by atoms with Crippen LogP contribution in [-0.4, -0.2) is 84.1 Å². The maximum absolute atomic E-state index is 12.9. The van der Waals surface area contributed by atoms with Crippen LogP contribution in [0.5, 0.6) is 5.75 Å². The Kier molecular flexibility index (Phi) is 9.44. The number of piperidine rings is 1. The number of likely N-dealkylation sites (tertiary alicyclic amines) is 1. The van der Waals surface area contributed by atoms with Gasteiger partial charge in [0, 0.05) is 48.6 Å². The fraction of sp³-hybridized carbons (Fsp3) is 0.567. The molecule has 3 aromatic rings. The van der Waals surface area contributed by atoms with E-state index in [0.717, 1.165) is 74.9 Å². The van der Waals surface area contributed by atoms with Crippen LogP contribution < -0.4 is 15.4 Å². The molecule has 222 valence electrons. The molecule has 1 aliphatic heterocycles. The zero-order chi connectivity index (χ0) is 28.8. The molecule has 1 aliphatic carbocycles. The molecule has 1 amide bonds. The molecule has 2 aromatic heterocycles. The Morgan fingerprint density at radius 1 is 1.10 bits per heavy atom. The lowest BCUT2D eigenvalue weighted by Crippen LogP contribution is -2.49. The highest BCUT2D eigenvalue weighted by atomic mass is 32.2. The first-order valence-corrected chi connectivity index (χ1v) is 16.9. The molecule has 41 heavy (non-hydrogen) atoms. The number of nitrogens with one attached hydrogen (secondary N) is 2. The van der Waals surface area contributed by atoms with Crippen molar-refractivity contribution in [2.45, 2.75) is 64.0 Å². The number of sulfone groups is 1. The Labute approximate surface area is 242 Å². The third-order valence-electron chi connectivity index (χ3n) is 8.23. The molecular formula is C30H42N6O4S. The average molecular weight is 583 g/mol. The number of rotatable bonds is 11. The fourth-order valence-corrected chi connectivity index (χ4v) is 6.63. The van der Waals surface area contributed by atoms with E-state index in [-0.39, 0.29) is 29.7 Å². The highest BCUT2D eigenvalue weighted by molar-refractivity contribution is 7.90. The molecule has 1 aromatic carbocycles. The highest BCUT2D eigenvalue weighted by Gasteiger charge is 2.29. The summed E-state index contributed by atoms with van der Waals surface area (Å²) in [5.41, 5.74) is 0.946. The van der Waals surface area contributed by atoms with Crippen LogP contribution in [0.15, 0.2) is 42.7 Å². The zero-order valence-electron chi connectivity index (χ0n) is 24.1. The lowest BCUT2D eigenvalue weighted by atomic mass is 9.85. The van der Waals surface area contributed by atoms with Crippen molar-refractivity contribution in [3.63, 3.8) is 0 Å². The van der Waals surface area contributed by atoms with Crippen molar-refractivity contribution in [2.24, 2.45) is 5.92 Å². The predicted molar refractivity (Wildman–Crippen MR) is 161 cm³/mol. The Balaban J connectivity index is 1.16. The van der Waals surface area contributed by atoms with E-state index < -0.39 is 9.84 Å². The molecule has 5 rings (SSSR count). The van der Waals surface area contributed by atoms with Gasteiger partial charge < -0.3 is 24.8 Å². The molecule has 2 fully saturated rings. The van der Waals surface area contributed by atoms with Crippen molar-refractivity contribution < 1.29 is 17.9 Å². The minimum absolute atomic E-state index is 0.0753. The fourth-order valence-electron chi connectivity index (χ4n) is 5.98. The molecule has 0 unspecified atom stereocenters. The van der Waals surface area contributed by atoms with Crippen LogP contribution in [0.2, 0.25) is 0 Å². The van der Waals surface area contributed by atoms with E-state index in [1.165, 1.54) is 6.26 Å². The average Bonchev–Trinajstić information content (AvgIpc) is 3.40. The second-order valence-electron chi connectivity index (χ2n) is 11.4. The normalized spacial score (nSPS) is 22.0. The zero-order valence-corrected chi connectivity index (χ0v) is 24.9. The van der Waals surface area contributed by atoms with Gasteiger partial charge in [-0.1, -0.05) is 13.0 Å². The van der Waals surface area contributed by atoms with Crippen molar-refractivity contribution in [1.82, 2.24) is 24.8 Å². The summed E-state index contributed by atoms with van der Waals surface area (Å²) >= 11 is 0. The van der Waals surface area contributed by atoms with Gasteiger partial charge in [0.05, 0.1) is 17.9 Å². The van der Waals surface area contributed by atoms with Gasteiger partial charge in [-0.2, -0.15) is 4.98 Å². The molecule has 10 nitrogen and oxygen atoms in total. The molecule has 2 N–H and O–H groups in total. The number of hydrogen-bond acceptors (Lipinski definition) is 8. The van der Waals surface area contributed by atoms with Crippen molar-refractivity contribution >= 4 is 32.6 Å². The molecule has 3 heterocycles. The topological polar surface area (TPSA) is 118 Å². The predicted octanol–water partition coefficient (Wildman–Crippen LogP) is 3.81. The second-order valence-corrected chi connectivity index (χ2v) is 13.6. The van der Waals surface area contributed by atoms with Crippen LogP contribution in [0, 0.1) is 5.92 Å². The van der Waals surface area contributed by atoms with Gasteiger partial charge >= 0.3 is 0 Å². The largest absolute Gasteiger partial charge is 0.493 e. The summed E-state index contributed by atoms with van der Waals surface area (Å²) < 4.78 is 30.7. The van der Waals surface area contributed by atoms with Crippen LogP contribution in [0.3, 0.4) is 0 Å². The van der Waals surface area contributed by atoms with Gasteiger partial charge in [0.15, 0.2) is 0 Å². The second kappa shape index (κ2) is 13.2. The lowest BCUT2D eigenvalue weighted by Gasteiger charge is -2.34. The SMILES string of the molecule is CCN1CCC[C@@H](NC(=O)[C@H]2CC[C@H](Nc3nccc(-n4ccc5c(OCCCS(C)(=O)=O)cccc54)n3)CC2)C1. The van der Waals surface area contributed by atoms with E-state index in [1.807, 2.05) is 41.1 Å². The first-order valence-electron chi connectivity index (χ1n) is 14.8. The minimum Gasteiger partial charge on any atom is -0.493 e. The van der Waals surface area contributed by atoms with Gasteiger partial charge in [-0.3, -0.25) is 4.79 Å². The number of amides is 1. The number of anilines is 1. The summed E-state index contributed by atoms with van der Waals surface area (Å²) in [7, 11) is -3.01. The van der Waals surface area contributed by atoms with Gasteiger partial charge in [-0.05, 0) is 82.3 Å². The van der Waals surface area contributed by atoms with Gasteiger partial charge in [-0.25, -0.2) is 13.4 Å². The van der Waals surface area contributed by atoms with Gasteiger partial charge in [0.2, 0.25) is 11.9 Å². The number of nitrogens with zero attached hydrogens (tertiary/aromatic N) is 4. The molecule has 1 saturated heterocycles. The smallest absolute Gasteiger partial charge is 0.224 e. The van der Waals surface area contributed by atoms with Crippen LogP contribution in [0.4, 0.5) is 5.95 Å². The quantitative estimate of drug-likeness (QED) is 0.328. The monoisotopic (exact) mass is 582 g/mol. The minimum atomic E-state index is -3.01. The van der Waals surface area contributed by atoms with E-state index in [4.69, 9.17) is 9.72 Å². The molecular weight excluding hydrogens is 540 g/mol. The molecule has 1 saturated carbocycles. The summed E-state index contributed by atoms with van der Waals surface area (Å²) in [4.78, 5) is 24.6. The van der Waals surface area contributed by atoms with E-state index in [1.54, 1.807) is 6.20 Å². The van der Waals surface area contributed by atoms with Crippen molar-refractivity contribution in [3.05, 3.63) is 42.7 Å². The number of benzene rings is 1. The molecule has 0 radical (unpaired) electrons. The molecule has 0 spiro atoms. The number of carbonyl (C=O) groups excluding carboxylic acids is 1. The van der Waals surface area contributed by atoms with Crippen LogP contribution in [-0.2, 0) is 14.6 Å². The maximum Gasteiger partial charge on any atom is 0.224 e. The van der Waals surface area contributed by atoms with Crippen LogP contribution in [0.1, 0.15) is 51.9 Å². The Morgan fingerprint density at radius 3 is 2.71 bits per heavy atom. The van der Waals surface area contributed by atoms with E-state index in [0.29, 0.717) is 24.7 Å². The van der Waals surface area contributed by atoms with Crippen molar-refractivity contribution in [3.8, 4) is 11.6 Å². The van der Waals surface area contributed by atoms with Crippen molar-refractivity contribution in [2.75, 3.05) is 43.6 Å². The summed E-state index contributed by atoms with van der Waals surface area (Å²) in [6.45, 7) is 5.65. The number of aromatic nitrogens is 3. The molecule has 1 atom stereocenters. The van der Waals surface area contributed by atoms with E-state index >= 15 is 0 Å². The third-order valence-corrected chi connectivity index (χ3v) is 9.26. The van der Waals surface area contributed by atoms with E-state index in [9.17, 15) is 13.2 Å². The number of fused-ring (bicyclic) bond motifs is 1. The van der Waals surface area contributed by atoms with Crippen LogP contribution in [0.25, 0.3) is 16.7 Å². The first kappa shape index (κ1) is 29.3. The maximum atomic E-state index is 12.9. The van der Waals surface area contributed by atoms with Crippen molar-refractivity contribution in [1.29, 1.82) is 0 Å². The lowest BCUT2D eigenvalue weighted by molar-refractivity contribution is -0.127. The molecule has 0 bridgehead atoms. The molecule has 2 aliphatic rings. The van der Waals surface area contributed by atoms with Crippen LogP contribution >= 0.6 is 0 Å². The number of hydrogen-bond donors (Lipinski definition) is 2. The van der Waals surface area contributed by atoms with Gasteiger partial charge in [-0.15, -0.1) is 0 Å². The first-order chi connectivity index (χ1) is 19.8. The number of likely N-dealkylation sites (N-methyl/N-ethyl adjacent to an activating group) is 1. The van der Waals surface area contributed by atoms with E-state index in [2.05, 4.69) is 27.4 Å². The summed E-state index contributed by atoms with van der Waals surface area (Å²) in [6.07, 6.45) is 11.2. The number of carbonyl (C=O) groups is 1. The Bertz CT molecular complexity index is 1430. The number of ether oxygens (including phenoxy) is 1. The summed E-state index contributed by atoms with van der Waals surface area (Å²) in [5, 5.41) is 7.75. The Morgan fingerprint density at radius 2 is 1.93 bits per heavy atom. The summed E-state index contributed by atoms with van der Waals surface area (Å²) in [5.74, 6) is 2.43. The Hall–Kier alpha value is -3.18. The third kappa shape index (κ3) is 7.77.